The second kappa shape index (κ2) is 7.49. The summed E-state index contributed by atoms with van der Waals surface area (Å²) in [6, 6.07) is 0.689. The first kappa shape index (κ1) is 20.8. The molecule has 150 valence electrons. The molecule has 0 saturated carbocycles. The lowest BCUT2D eigenvalue weighted by molar-refractivity contribution is 0.492. The van der Waals surface area contributed by atoms with Gasteiger partial charge in [-0.2, -0.15) is 0 Å². The Morgan fingerprint density at radius 1 is 0.483 bits per heavy atom. The van der Waals surface area contributed by atoms with Crippen molar-refractivity contribution in [2.45, 2.75) is 6.92 Å². The summed E-state index contributed by atoms with van der Waals surface area (Å²) < 4.78 is 126. The van der Waals surface area contributed by atoms with Crippen LogP contribution in [-0.4, -0.2) is 6.71 Å². The van der Waals surface area contributed by atoms with Crippen LogP contribution in [0.25, 0.3) is 0 Å². The van der Waals surface area contributed by atoms with E-state index in [1.54, 1.807) is 0 Å². The largest absolute Gasteiger partial charge is 0.260 e. The summed E-state index contributed by atoms with van der Waals surface area (Å²) >= 11 is 0. The molecule has 0 radical (unpaired) electrons. The molecule has 0 nitrogen and oxygen atoms in total. The smallest absolute Gasteiger partial charge is 0.207 e. The van der Waals surface area contributed by atoms with Crippen LogP contribution in [-0.2, 0) is 0 Å². The molecule has 29 heavy (non-hydrogen) atoms. The van der Waals surface area contributed by atoms with Crippen molar-refractivity contribution in [1.29, 1.82) is 0 Å². The predicted octanol–water partition coefficient (Wildman–Crippen LogP) is 3.76. The topological polar surface area (TPSA) is 0 Å². The molecule has 3 rings (SSSR count). The van der Waals surface area contributed by atoms with E-state index in [1.165, 1.54) is 0 Å². The highest BCUT2D eigenvalue weighted by atomic mass is 19.2. The maximum absolute atomic E-state index is 14.6. The van der Waals surface area contributed by atoms with Gasteiger partial charge in [0.25, 0.3) is 6.71 Å². The molecule has 0 saturated heterocycles. The van der Waals surface area contributed by atoms with Crippen LogP contribution in [0.5, 0.6) is 0 Å². The average Bonchev–Trinajstić information content (AvgIpc) is 2.57. The first-order valence-corrected chi connectivity index (χ1v) is 7.95. The van der Waals surface area contributed by atoms with E-state index in [4.69, 9.17) is 0 Å². The Bertz CT molecular complexity index is 1020. The minimum absolute atomic E-state index is 0.0311. The minimum atomic E-state index is -2.36. The van der Waals surface area contributed by atoms with Crippen molar-refractivity contribution in [2.24, 2.45) is 0 Å². The van der Waals surface area contributed by atoms with Crippen molar-refractivity contribution in [1.82, 2.24) is 0 Å². The average molecular weight is 418 g/mol. The van der Waals surface area contributed by atoms with E-state index in [1.807, 2.05) is 0 Å². The first-order valence-electron chi connectivity index (χ1n) is 7.95. The lowest BCUT2D eigenvalue weighted by Crippen LogP contribution is -2.59. The van der Waals surface area contributed by atoms with Gasteiger partial charge >= 0.3 is 0 Å². The zero-order valence-corrected chi connectivity index (χ0v) is 14.4. The second-order valence-electron chi connectivity index (χ2n) is 6.19. The highest BCUT2D eigenvalue weighted by Crippen LogP contribution is 2.17. The monoisotopic (exact) mass is 418 g/mol. The molecule has 0 unspecified atom stereocenters. The number of hydrogen-bond donors (Lipinski definition) is 0. The third kappa shape index (κ3) is 3.59. The van der Waals surface area contributed by atoms with Gasteiger partial charge < -0.3 is 0 Å². The fourth-order valence-corrected chi connectivity index (χ4v) is 3.17. The standard InChI is InChI=1S/C19H8BF9/c1-7-16(14(27)6-15(28)19(7)29)20(17-10(23)2-8(21)3-11(17)24)18-12(25)4-9(22)5-13(18)26/h2-6H,1H3. The molecule has 0 N–H and O–H groups in total. The number of halogens is 9. The van der Waals surface area contributed by atoms with Crippen molar-refractivity contribution < 1.29 is 39.5 Å². The molecule has 0 atom stereocenters. The fraction of sp³-hybridized carbons (Fsp3) is 0.0526. The van der Waals surface area contributed by atoms with E-state index in [0.29, 0.717) is 0 Å². The Balaban J connectivity index is 2.48. The van der Waals surface area contributed by atoms with Gasteiger partial charge in [-0.15, -0.1) is 0 Å². The molecule has 0 bridgehead atoms. The molecule has 0 spiro atoms. The van der Waals surface area contributed by atoms with Gasteiger partial charge in [0.1, 0.15) is 40.7 Å². The highest BCUT2D eigenvalue weighted by Gasteiger charge is 2.38. The van der Waals surface area contributed by atoms with Crippen molar-refractivity contribution >= 4 is 23.1 Å². The van der Waals surface area contributed by atoms with Gasteiger partial charge in [-0.05, 0) is 17.9 Å². The number of rotatable bonds is 3. The Kier molecular flexibility index (Phi) is 5.38. The molecule has 10 heteroatoms. The lowest BCUT2D eigenvalue weighted by atomic mass is 9.35. The summed E-state index contributed by atoms with van der Waals surface area (Å²) in [5, 5.41) is 0. The number of benzene rings is 3. The summed E-state index contributed by atoms with van der Waals surface area (Å²) in [7, 11) is 0. The van der Waals surface area contributed by atoms with Gasteiger partial charge in [-0.25, -0.2) is 39.5 Å². The summed E-state index contributed by atoms with van der Waals surface area (Å²) in [5.41, 5.74) is -4.30. The van der Waals surface area contributed by atoms with E-state index in [-0.39, 0.29) is 30.3 Å². The van der Waals surface area contributed by atoms with Gasteiger partial charge in [-0.3, -0.25) is 0 Å². The van der Waals surface area contributed by atoms with Crippen LogP contribution in [0.1, 0.15) is 5.56 Å². The highest BCUT2D eigenvalue weighted by molar-refractivity contribution is 6.96. The van der Waals surface area contributed by atoms with Crippen LogP contribution in [0.4, 0.5) is 39.5 Å². The Morgan fingerprint density at radius 3 is 1.21 bits per heavy atom. The molecule has 0 aliphatic heterocycles. The molecular weight excluding hydrogens is 410 g/mol. The number of hydrogen-bond acceptors (Lipinski definition) is 0. The van der Waals surface area contributed by atoms with Gasteiger partial charge in [-0.1, -0.05) is 0 Å². The summed E-state index contributed by atoms with van der Waals surface area (Å²) in [6.07, 6.45) is 0. The molecule has 0 fully saturated rings. The zero-order valence-electron chi connectivity index (χ0n) is 14.4. The Hall–Kier alpha value is -2.91. The summed E-state index contributed by atoms with van der Waals surface area (Å²) in [4.78, 5) is 0. The molecule has 0 amide bonds. The van der Waals surface area contributed by atoms with Crippen LogP contribution < -0.4 is 16.4 Å². The van der Waals surface area contributed by atoms with Crippen LogP contribution >= 0.6 is 0 Å². The van der Waals surface area contributed by atoms with Gasteiger partial charge in [0.05, 0.1) is 0 Å². The third-order valence-electron chi connectivity index (χ3n) is 4.41. The Morgan fingerprint density at radius 2 is 0.828 bits per heavy atom. The molecular formula is C19H8BF9. The molecule has 0 aliphatic carbocycles. The van der Waals surface area contributed by atoms with Crippen LogP contribution in [0.15, 0.2) is 30.3 Å². The molecule has 3 aromatic rings. The Labute approximate surface area is 158 Å². The normalized spacial score (nSPS) is 11.1. The maximum atomic E-state index is 14.6. The fourth-order valence-electron chi connectivity index (χ4n) is 3.17. The van der Waals surface area contributed by atoms with Gasteiger partial charge in [0, 0.05) is 41.3 Å². The lowest BCUT2D eigenvalue weighted by Gasteiger charge is -2.21. The predicted molar refractivity (Wildman–Crippen MR) is 88.3 cm³/mol. The zero-order chi connectivity index (χ0) is 21.6. The van der Waals surface area contributed by atoms with E-state index in [0.717, 1.165) is 6.92 Å². The van der Waals surface area contributed by atoms with Gasteiger partial charge in [0.2, 0.25) is 0 Å². The SMILES string of the molecule is Cc1c(F)c(F)cc(F)c1B(c1c(F)cc(F)cc1F)c1c(F)cc(F)cc1F. The van der Waals surface area contributed by atoms with Crippen molar-refractivity contribution in [3.05, 3.63) is 88.3 Å². The van der Waals surface area contributed by atoms with Crippen molar-refractivity contribution in [2.75, 3.05) is 0 Å². The summed E-state index contributed by atoms with van der Waals surface area (Å²) in [6.45, 7) is -1.53. The van der Waals surface area contributed by atoms with E-state index < -0.39 is 81.0 Å². The van der Waals surface area contributed by atoms with Gasteiger partial charge in [0.15, 0.2) is 11.6 Å². The maximum Gasteiger partial charge on any atom is 0.260 e. The molecule has 0 aliphatic rings. The minimum Gasteiger partial charge on any atom is -0.207 e. The van der Waals surface area contributed by atoms with E-state index in [9.17, 15) is 39.5 Å². The van der Waals surface area contributed by atoms with E-state index in [2.05, 4.69) is 0 Å². The van der Waals surface area contributed by atoms with Crippen LogP contribution in [0.2, 0.25) is 0 Å². The van der Waals surface area contributed by atoms with E-state index >= 15 is 0 Å². The quantitative estimate of drug-likeness (QED) is 0.346. The molecule has 3 aromatic carbocycles. The summed E-state index contributed by atoms with van der Waals surface area (Å²) in [5.74, 6) is -14.3. The molecule has 0 aromatic heterocycles. The first-order chi connectivity index (χ1) is 13.5. The molecule has 0 heterocycles. The van der Waals surface area contributed by atoms with Crippen LogP contribution in [0, 0.1) is 59.3 Å². The second-order valence-corrected chi connectivity index (χ2v) is 6.19. The van der Waals surface area contributed by atoms with Crippen molar-refractivity contribution in [3.8, 4) is 0 Å². The van der Waals surface area contributed by atoms with Crippen molar-refractivity contribution in [3.63, 3.8) is 0 Å². The third-order valence-corrected chi connectivity index (χ3v) is 4.41. The van der Waals surface area contributed by atoms with Crippen LogP contribution in [0.3, 0.4) is 0 Å².